The van der Waals surface area contributed by atoms with E-state index in [1.807, 2.05) is 6.92 Å². The van der Waals surface area contributed by atoms with Crippen LogP contribution in [-0.2, 0) is 10.0 Å². The average molecular weight is 351 g/mol. The molecule has 1 atom stereocenters. The van der Waals surface area contributed by atoms with Gasteiger partial charge in [0, 0.05) is 23.2 Å². The van der Waals surface area contributed by atoms with Gasteiger partial charge in [-0.25, -0.2) is 12.8 Å². The molecule has 0 radical (unpaired) electrons. The third kappa shape index (κ3) is 2.78. The van der Waals surface area contributed by atoms with Crippen LogP contribution in [0.15, 0.2) is 21.5 Å². The third-order valence-corrected chi connectivity index (χ3v) is 6.06. The molecule has 1 aliphatic heterocycles. The van der Waals surface area contributed by atoms with Crippen LogP contribution in [0.2, 0.25) is 0 Å². The maximum Gasteiger partial charge on any atom is 0.246 e. The molecule has 0 saturated carbocycles. The second-order valence-electron chi connectivity index (χ2n) is 4.73. The van der Waals surface area contributed by atoms with Gasteiger partial charge in [-0.15, -0.1) is 0 Å². The summed E-state index contributed by atoms with van der Waals surface area (Å²) in [6.45, 7) is 2.92. The second kappa shape index (κ2) is 5.38. The van der Waals surface area contributed by atoms with Crippen molar-refractivity contribution in [1.82, 2.24) is 4.31 Å². The van der Waals surface area contributed by atoms with E-state index in [9.17, 15) is 12.8 Å². The van der Waals surface area contributed by atoms with Crippen molar-refractivity contribution in [1.29, 1.82) is 0 Å². The molecule has 1 saturated heterocycles. The lowest BCUT2D eigenvalue weighted by molar-refractivity contribution is 0.448. The first-order valence-electron chi connectivity index (χ1n) is 6.11. The zero-order valence-electron chi connectivity index (χ0n) is 10.6. The number of hydrogen-bond acceptors (Lipinski definition) is 3. The normalized spacial score (nSPS) is 20.9. The Labute approximate surface area is 121 Å². The van der Waals surface area contributed by atoms with E-state index >= 15 is 0 Å². The average Bonchev–Trinajstić information content (AvgIpc) is 2.83. The van der Waals surface area contributed by atoms with Crippen molar-refractivity contribution < 1.29 is 12.8 Å². The Hall–Kier alpha value is -0.660. The number of nitrogen functional groups attached to an aromatic ring is 1. The number of nitrogens with two attached hydrogens (primary N) is 1. The summed E-state index contributed by atoms with van der Waals surface area (Å²) in [5.41, 5.74) is 5.86. The minimum Gasteiger partial charge on any atom is -0.398 e. The molecule has 0 bridgehead atoms. The van der Waals surface area contributed by atoms with Gasteiger partial charge < -0.3 is 5.73 Å². The lowest BCUT2D eigenvalue weighted by atomic mass is 10.1. The van der Waals surface area contributed by atoms with Crippen molar-refractivity contribution in [2.45, 2.75) is 24.7 Å². The maximum absolute atomic E-state index is 13.9. The zero-order chi connectivity index (χ0) is 14.2. The van der Waals surface area contributed by atoms with Crippen LogP contribution in [-0.4, -0.2) is 25.8 Å². The molecular weight excluding hydrogens is 335 g/mol. The summed E-state index contributed by atoms with van der Waals surface area (Å²) < 4.78 is 40.4. The molecule has 0 aliphatic carbocycles. The van der Waals surface area contributed by atoms with Gasteiger partial charge in [0.2, 0.25) is 10.0 Å². The fourth-order valence-corrected chi connectivity index (χ4v) is 4.16. The van der Waals surface area contributed by atoms with E-state index in [1.54, 1.807) is 0 Å². The molecule has 1 aliphatic rings. The van der Waals surface area contributed by atoms with Gasteiger partial charge in [0.1, 0.15) is 10.7 Å². The smallest absolute Gasteiger partial charge is 0.246 e. The highest BCUT2D eigenvalue weighted by Crippen LogP contribution is 2.31. The van der Waals surface area contributed by atoms with Crippen LogP contribution in [0.5, 0.6) is 0 Å². The number of benzene rings is 1. The molecule has 4 nitrogen and oxygen atoms in total. The minimum atomic E-state index is -3.79. The number of halogens is 2. The number of anilines is 1. The predicted octanol–water partition coefficient (Wildman–Crippen LogP) is 2.59. The third-order valence-electron chi connectivity index (χ3n) is 3.49. The Bertz CT molecular complexity index is 592. The molecule has 106 valence electrons. The number of rotatable bonds is 3. The van der Waals surface area contributed by atoms with E-state index < -0.39 is 15.8 Å². The molecule has 7 heteroatoms. The monoisotopic (exact) mass is 350 g/mol. The van der Waals surface area contributed by atoms with E-state index in [-0.39, 0.29) is 10.6 Å². The van der Waals surface area contributed by atoms with Crippen molar-refractivity contribution in [2.24, 2.45) is 5.92 Å². The highest BCUT2D eigenvalue weighted by Gasteiger charge is 2.33. The first kappa shape index (κ1) is 14.7. The summed E-state index contributed by atoms with van der Waals surface area (Å²) in [6, 6.07) is 2.27. The van der Waals surface area contributed by atoms with E-state index in [2.05, 4.69) is 15.9 Å². The van der Waals surface area contributed by atoms with Crippen LogP contribution in [0.25, 0.3) is 0 Å². The van der Waals surface area contributed by atoms with Crippen molar-refractivity contribution >= 4 is 31.6 Å². The molecule has 1 fully saturated rings. The predicted molar refractivity (Wildman–Crippen MR) is 75.7 cm³/mol. The van der Waals surface area contributed by atoms with Crippen LogP contribution in [0.4, 0.5) is 10.1 Å². The summed E-state index contributed by atoms with van der Waals surface area (Å²) >= 11 is 3.08. The van der Waals surface area contributed by atoms with Crippen LogP contribution in [0, 0.1) is 11.7 Å². The molecule has 1 aromatic carbocycles. The molecule has 1 aromatic rings. The van der Waals surface area contributed by atoms with Gasteiger partial charge in [0.15, 0.2) is 0 Å². The number of sulfonamides is 1. The molecule has 1 heterocycles. The highest BCUT2D eigenvalue weighted by molar-refractivity contribution is 9.10. The van der Waals surface area contributed by atoms with Gasteiger partial charge in [-0.05, 0) is 40.4 Å². The van der Waals surface area contributed by atoms with Gasteiger partial charge in [-0.3, -0.25) is 0 Å². The van der Waals surface area contributed by atoms with Crippen LogP contribution < -0.4 is 5.73 Å². The SMILES string of the molecule is CCC1CCN(S(=O)(=O)c2cc(N)c(Br)cc2F)C1. The van der Waals surface area contributed by atoms with Crippen LogP contribution >= 0.6 is 15.9 Å². The van der Waals surface area contributed by atoms with Gasteiger partial charge in [0.25, 0.3) is 0 Å². The van der Waals surface area contributed by atoms with E-state index in [0.29, 0.717) is 23.5 Å². The Morgan fingerprint density at radius 1 is 1.53 bits per heavy atom. The first-order valence-corrected chi connectivity index (χ1v) is 8.34. The topological polar surface area (TPSA) is 63.4 Å². The van der Waals surface area contributed by atoms with Crippen molar-refractivity contribution in [2.75, 3.05) is 18.8 Å². The molecular formula is C12H16BrFN2O2S. The summed E-state index contributed by atoms with van der Waals surface area (Å²) in [5, 5.41) is 0. The maximum atomic E-state index is 13.9. The quantitative estimate of drug-likeness (QED) is 0.852. The highest BCUT2D eigenvalue weighted by atomic mass is 79.9. The Balaban J connectivity index is 2.38. The second-order valence-corrected chi connectivity index (χ2v) is 7.49. The Kier molecular flexibility index (Phi) is 4.17. The molecule has 0 amide bonds. The molecule has 1 unspecified atom stereocenters. The first-order chi connectivity index (χ1) is 8.86. The van der Waals surface area contributed by atoms with E-state index in [1.165, 1.54) is 10.4 Å². The molecule has 2 rings (SSSR count). The standard InChI is InChI=1S/C12H16BrFN2O2S/c1-2-8-3-4-16(7-8)19(17,18)12-6-11(15)9(13)5-10(12)14/h5-6,8H,2-4,7,15H2,1H3. The molecule has 2 N–H and O–H groups in total. The number of nitrogens with zero attached hydrogens (tertiary/aromatic N) is 1. The van der Waals surface area contributed by atoms with Gasteiger partial charge >= 0.3 is 0 Å². The number of hydrogen-bond donors (Lipinski definition) is 1. The summed E-state index contributed by atoms with van der Waals surface area (Å²) in [4.78, 5) is -0.343. The summed E-state index contributed by atoms with van der Waals surface area (Å²) in [6.07, 6.45) is 1.75. The lowest BCUT2D eigenvalue weighted by Crippen LogP contribution is -2.29. The van der Waals surface area contributed by atoms with Gasteiger partial charge in [-0.1, -0.05) is 13.3 Å². The summed E-state index contributed by atoms with van der Waals surface area (Å²) in [7, 11) is -3.79. The van der Waals surface area contributed by atoms with Gasteiger partial charge in [0.05, 0.1) is 0 Å². The fourth-order valence-electron chi connectivity index (χ4n) is 2.23. The minimum absolute atomic E-state index is 0.214. The molecule has 0 aromatic heterocycles. The van der Waals surface area contributed by atoms with E-state index in [4.69, 9.17) is 5.73 Å². The van der Waals surface area contributed by atoms with Crippen molar-refractivity contribution in [3.05, 3.63) is 22.4 Å². The Morgan fingerprint density at radius 3 is 2.79 bits per heavy atom. The Morgan fingerprint density at radius 2 is 2.21 bits per heavy atom. The summed E-state index contributed by atoms with van der Waals surface area (Å²) in [5.74, 6) is -0.424. The largest absolute Gasteiger partial charge is 0.398 e. The fraction of sp³-hybridized carbons (Fsp3) is 0.500. The molecule has 19 heavy (non-hydrogen) atoms. The van der Waals surface area contributed by atoms with Crippen molar-refractivity contribution in [3.8, 4) is 0 Å². The molecule has 0 spiro atoms. The van der Waals surface area contributed by atoms with E-state index in [0.717, 1.165) is 18.9 Å². The van der Waals surface area contributed by atoms with Crippen LogP contribution in [0.1, 0.15) is 19.8 Å². The van der Waals surface area contributed by atoms with Gasteiger partial charge in [-0.2, -0.15) is 4.31 Å². The zero-order valence-corrected chi connectivity index (χ0v) is 13.0. The van der Waals surface area contributed by atoms with Crippen molar-refractivity contribution in [3.63, 3.8) is 0 Å². The van der Waals surface area contributed by atoms with Crippen LogP contribution in [0.3, 0.4) is 0 Å². The lowest BCUT2D eigenvalue weighted by Gasteiger charge is -2.17.